The molecule has 0 fully saturated rings. The van der Waals surface area contributed by atoms with Gasteiger partial charge in [-0.1, -0.05) is 0 Å². The number of aliphatic carboxylic acids is 2. The Morgan fingerprint density at radius 1 is 1.00 bits per heavy atom. The van der Waals surface area contributed by atoms with E-state index in [2.05, 4.69) is 0 Å². The molecular weight excluding hydrogens is 168 g/mol. The summed E-state index contributed by atoms with van der Waals surface area (Å²) in [7, 11) is 0. The average Bonchev–Trinajstić information content (AvgIpc) is 1.61. The maximum absolute atomic E-state index is 9.64. The maximum Gasteiger partial charge on any atom is 2.00 e. The van der Waals surface area contributed by atoms with Crippen molar-refractivity contribution in [1.82, 2.24) is 0 Å². The molecule has 0 heterocycles. The Kier molecular flexibility index (Phi) is 7.01. The largest absolute Gasteiger partial charge is 2.00 e. The predicted octanol–water partition coefficient (Wildman–Crippen LogP) is -0.0667. The van der Waals surface area contributed by atoms with Gasteiger partial charge in [-0.3, -0.25) is 9.59 Å². The van der Waals surface area contributed by atoms with Crippen LogP contribution in [0.15, 0.2) is 0 Å². The molecule has 0 aromatic heterocycles. The van der Waals surface area contributed by atoms with Crippen molar-refractivity contribution in [3.8, 4) is 0 Å². The van der Waals surface area contributed by atoms with Gasteiger partial charge in [0.1, 0.15) is 0 Å². The molecule has 0 aliphatic carbocycles. The van der Waals surface area contributed by atoms with Gasteiger partial charge in [0.15, 0.2) is 0 Å². The van der Waals surface area contributed by atoms with Gasteiger partial charge in [-0.05, 0) is 0 Å². The van der Waals surface area contributed by atoms with Gasteiger partial charge in [0, 0.05) is 0 Å². The molecule has 0 amide bonds. The topological polar surface area (TPSA) is 74.6 Å². The molecule has 0 unspecified atom stereocenters. The fourth-order valence-corrected chi connectivity index (χ4v) is 0.214. The van der Waals surface area contributed by atoms with Crippen molar-refractivity contribution >= 4 is 11.9 Å². The fourth-order valence-electron chi connectivity index (χ4n) is 0.214. The number of hydrogen-bond acceptors (Lipinski definition) is 2. The van der Waals surface area contributed by atoms with Gasteiger partial charge >= 0.3 is 29.0 Å². The van der Waals surface area contributed by atoms with Gasteiger partial charge < -0.3 is 10.2 Å². The molecule has 0 aromatic rings. The van der Waals surface area contributed by atoms with Crippen molar-refractivity contribution in [2.75, 3.05) is 0 Å². The normalized spacial score (nSPS) is 7.56. The van der Waals surface area contributed by atoms with Gasteiger partial charge in [-0.25, -0.2) is 0 Å². The number of carboxylic acids is 2. The molecule has 0 aliphatic heterocycles. The molecule has 9 heavy (non-hydrogen) atoms. The zero-order valence-electron chi connectivity index (χ0n) is 4.48. The van der Waals surface area contributed by atoms with Crippen molar-refractivity contribution in [3.63, 3.8) is 0 Å². The second-order valence-electron chi connectivity index (χ2n) is 1.29. The summed E-state index contributed by atoms with van der Waals surface area (Å²) in [5.74, 6) is -2.15. The summed E-state index contributed by atoms with van der Waals surface area (Å²) in [5.41, 5.74) is 0. The predicted molar refractivity (Wildman–Crippen MR) is 24.5 cm³/mol. The number of carboxylic acid groups (broad SMARTS) is 2. The first-order chi connectivity index (χ1) is 3.63. The van der Waals surface area contributed by atoms with Gasteiger partial charge in [0.2, 0.25) is 0 Å². The Bertz CT molecular complexity index is 97.1. The van der Waals surface area contributed by atoms with Crippen LogP contribution in [-0.2, 0) is 26.7 Å². The second kappa shape index (κ2) is 5.59. The van der Waals surface area contributed by atoms with Crippen LogP contribution in [-0.4, -0.2) is 22.2 Å². The zero-order valence-corrected chi connectivity index (χ0v) is 5.58. The molecule has 0 saturated heterocycles. The zero-order chi connectivity index (χ0) is 6.57. The van der Waals surface area contributed by atoms with Gasteiger partial charge in [0.05, 0.1) is 12.8 Å². The van der Waals surface area contributed by atoms with E-state index in [0.29, 0.717) is 0 Å². The minimum atomic E-state index is -1.08. The quantitative estimate of drug-likeness (QED) is 0.587. The Morgan fingerprint density at radius 3 is 1.33 bits per heavy atom. The third-order valence-corrected chi connectivity index (χ3v) is 0.553. The van der Waals surface area contributed by atoms with Crippen molar-refractivity contribution in [3.05, 3.63) is 0 Å². The van der Waals surface area contributed by atoms with Crippen molar-refractivity contribution in [1.29, 1.82) is 0 Å². The maximum atomic E-state index is 9.64. The Morgan fingerprint density at radius 2 is 1.22 bits per heavy atom. The van der Waals surface area contributed by atoms with E-state index in [1.54, 1.807) is 0 Å². The van der Waals surface area contributed by atoms with Crippen LogP contribution in [0, 0.1) is 0 Å². The Labute approximate surface area is 62.3 Å². The SMILES string of the molecule is O=C(O)CCC(=O)O.[Fe+2]. The van der Waals surface area contributed by atoms with E-state index < -0.39 is 11.9 Å². The summed E-state index contributed by atoms with van der Waals surface area (Å²) in [5, 5.41) is 15.8. The third kappa shape index (κ3) is 11.2. The molecule has 0 aromatic carbocycles. The smallest absolute Gasteiger partial charge is 0.481 e. The molecule has 5 heteroatoms. The van der Waals surface area contributed by atoms with Crippen LogP contribution in [0.2, 0.25) is 0 Å². The molecule has 0 saturated carbocycles. The monoisotopic (exact) mass is 174 g/mol. The molecule has 0 spiro atoms. The third-order valence-electron chi connectivity index (χ3n) is 0.553. The van der Waals surface area contributed by atoms with Crippen LogP contribution in [0.25, 0.3) is 0 Å². The van der Waals surface area contributed by atoms with Crippen LogP contribution in [0.3, 0.4) is 0 Å². The first kappa shape index (κ1) is 11.3. The Hall–Kier alpha value is -0.541. The van der Waals surface area contributed by atoms with E-state index in [1.807, 2.05) is 0 Å². The average molecular weight is 174 g/mol. The molecule has 0 aliphatic rings. The molecular formula is C4H6FeO4+2. The van der Waals surface area contributed by atoms with Crippen LogP contribution in [0.4, 0.5) is 0 Å². The summed E-state index contributed by atoms with van der Waals surface area (Å²) >= 11 is 0. The molecule has 4 nitrogen and oxygen atoms in total. The number of rotatable bonds is 3. The summed E-state index contributed by atoms with van der Waals surface area (Å²) in [6, 6.07) is 0. The van der Waals surface area contributed by atoms with Crippen molar-refractivity contribution < 1.29 is 36.9 Å². The van der Waals surface area contributed by atoms with E-state index in [1.165, 1.54) is 0 Å². The van der Waals surface area contributed by atoms with Crippen LogP contribution < -0.4 is 0 Å². The number of carbonyl (C=O) groups is 2. The van der Waals surface area contributed by atoms with E-state index in [9.17, 15) is 9.59 Å². The van der Waals surface area contributed by atoms with E-state index >= 15 is 0 Å². The Balaban J connectivity index is 0. The molecule has 0 bridgehead atoms. The van der Waals surface area contributed by atoms with Crippen molar-refractivity contribution in [2.45, 2.75) is 12.8 Å². The molecule has 0 atom stereocenters. The summed E-state index contributed by atoms with van der Waals surface area (Å²) in [6.07, 6.45) is -0.593. The van der Waals surface area contributed by atoms with E-state index in [-0.39, 0.29) is 29.9 Å². The van der Waals surface area contributed by atoms with Gasteiger partial charge in [0.25, 0.3) is 0 Å². The summed E-state index contributed by atoms with van der Waals surface area (Å²) in [4.78, 5) is 19.3. The van der Waals surface area contributed by atoms with Crippen LogP contribution in [0.5, 0.6) is 0 Å². The van der Waals surface area contributed by atoms with E-state index in [0.717, 1.165) is 0 Å². The second-order valence-corrected chi connectivity index (χ2v) is 1.29. The summed E-state index contributed by atoms with van der Waals surface area (Å²) < 4.78 is 0. The fraction of sp³-hybridized carbons (Fsp3) is 0.500. The standard InChI is InChI=1S/C4H6O4.Fe/c5-3(6)1-2-4(7)8;/h1-2H2,(H,5,6)(H,7,8);/q;+2. The summed E-state index contributed by atoms with van der Waals surface area (Å²) in [6.45, 7) is 0. The van der Waals surface area contributed by atoms with Crippen molar-refractivity contribution in [2.24, 2.45) is 0 Å². The minimum absolute atomic E-state index is 0. The molecule has 0 rings (SSSR count). The van der Waals surface area contributed by atoms with Crippen LogP contribution in [0.1, 0.15) is 12.8 Å². The number of hydrogen-bond donors (Lipinski definition) is 2. The minimum Gasteiger partial charge on any atom is -0.481 e. The van der Waals surface area contributed by atoms with Gasteiger partial charge in [-0.2, -0.15) is 0 Å². The molecule has 2 N–H and O–H groups in total. The molecule has 52 valence electrons. The van der Waals surface area contributed by atoms with Gasteiger partial charge in [-0.15, -0.1) is 0 Å². The first-order valence-corrected chi connectivity index (χ1v) is 2.06. The van der Waals surface area contributed by atoms with E-state index in [4.69, 9.17) is 10.2 Å². The first-order valence-electron chi connectivity index (χ1n) is 2.06. The molecule has 0 radical (unpaired) electrons. The van der Waals surface area contributed by atoms with Crippen LogP contribution >= 0.6 is 0 Å².